The molecule has 0 aliphatic heterocycles. The fraction of sp³-hybridized carbons (Fsp3) is 0.167. The monoisotopic (exact) mass is 434 g/mol. The first-order valence-corrected chi connectivity index (χ1v) is 11.6. The molecule has 0 aliphatic carbocycles. The number of para-hydroxylation sites is 1. The second kappa shape index (κ2) is 8.73. The predicted octanol–water partition coefficient (Wildman–Crippen LogP) is 5.20. The van der Waals surface area contributed by atoms with Gasteiger partial charge in [-0.3, -0.25) is 14.5 Å². The van der Waals surface area contributed by atoms with Gasteiger partial charge in [0.15, 0.2) is 5.78 Å². The van der Waals surface area contributed by atoms with Crippen LogP contribution in [0.4, 0.5) is 5.69 Å². The average molecular weight is 435 g/mol. The molecule has 7 heteroatoms. The first kappa shape index (κ1) is 20.8. The smallest absolute Gasteiger partial charge is 0.263 e. The maximum absolute atomic E-state index is 13.3. The molecule has 0 aliphatic rings. The number of carbonyl (C=O) groups excluding carboxylic acids is 1. The number of anilines is 1. The topological polar surface area (TPSA) is 89.3 Å². The third-order valence-electron chi connectivity index (χ3n) is 5.00. The Hall–Kier alpha value is -3.45. The summed E-state index contributed by atoms with van der Waals surface area (Å²) in [5.74, 6) is 0.548. The van der Waals surface area contributed by atoms with Crippen LogP contribution in [-0.2, 0) is 16.4 Å². The van der Waals surface area contributed by atoms with Crippen LogP contribution in [0.3, 0.4) is 0 Å². The summed E-state index contributed by atoms with van der Waals surface area (Å²) < 4.78 is 33.4. The van der Waals surface area contributed by atoms with Crippen molar-refractivity contribution in [2.45, 2.75) is 31.1 Å². The number of carbonyl (C=O) groups is 1. The Labute approximate surface area is 181 Å². The molecule has 0 spiro atoms. The molecule has 0 saturated carbocycles. The minimum Gasteiger partial charge on any atom is -0.460 e. The van der Waals surface area contributed by atoms with Crippen LogP contribution in [0.1, 0.15) is 41.4 Å². The van der Waals surface area contributed by atoms with Gasteiger partial charge in [0, 0.05) is 35.5 Å². The van der Waals surface area contributed by atoms with Gasteiger partial charge in [-0.15, -0.1) is 0 Å². The summed E-state index contributed by atoms with van der Waals surface area (Å²) in [5.41, 5.74) is 2.10. The number of aromatic nitrogens is 1. The maximum atomic E-state index is 13.3. The van der Waals surface area contributed by atoms with Crippen molar-refractivity contribution in [1.29, 1.82) is 0 Å². The minimum absolute atomic E-state index is 0.0700. The van der Waals surface area contributed by atoms with Gasteiger partial charge in [-0.1, -0.05) is 31.5 Å². The summed E-state index contributed by atoms with van der Waals surface area (Å²) in [6, 6.07) is 16.9. The zero-order chi connectivity index (χ0) is 21.8. The standard InChI is InChI=1S/C24H22N2O4S/c1-2-3-9-22-23(20-8-4-5-10-21(20)30-22)24(27)17-11-13-18(14-12-17)26-31(28,29)19-7-6-15-25-16-19/h4-8,10-16,26H,2-3,9H2,1H3. The van der Waals surface area contributed by atoms with Gasteiger partial charge in [-0.05, 0) is 48.9 Å². The van der Waals surface area contributed by atoms with Gasteiger partial charge in [0.25, 0.3) is 10.0 Å². The van der Waals surface area contributed by atoms with E-state index >= 15 is 0 Å². The number of rotatable bonds is 8. The molecule has 0 saturated heterocycles. The molecule has 2 heterocycles. The Bertz CT molecular complexity index is 1310. The molecule has 0 radical (unpaired) electrons. The van der Waals surface area contributed by atoms with Crippen LogP contribution in [0.15, 0.2) is 82.4 Å². The number of ketones is 1. The van der Waals surface area contributed by atoms with E-state index in [9.17, 15) is 13.2 Å². The lowest BCUT2D eigenvalue weighted by Crippen LogP contribution is -2.13. The van der Waals surface area contributed by atoms with Gasteiger partial charge in [0.2, 0.25) is 0 Å². The fourth-order valence-electron chi connectivity index (χ4n) is 3.41. The largest absolute Gasteiger partial charge is 0.460 e. The van der Waals surface area contributed by atoms with E-state index in [2.05, 4.69) is 16.6 Å². The Morgan fingerprint density at radius 2 is 1.81 bits per heavy atom. The van der Waals surface area contributed by atoms with Gasteiger partial charge in [-0.25, -0.2) is 8.42 Å². The summed E-state index contributed by atoms with van der Waals surface area (Å²) in [6.45, 7) is 2.09. The van der Waals surface area contributed by atoms with Crippen molar-refractivity contribution in [3.8, 4) is 0 Å². The number of fused-ring (bicyclic) bond motifs is 1. The molecule has 158 valence electrons. The number of pyridine rings is 1. The lowest BCUT2D eigenvalue weighted by Gasteiger charge is -2.08. The lowest BCUT2D eigenvalue weighted by molar-refractivity contribution is 0.103. The molecule has 1 N–H and O–H groups in total. The quantitative estimate of drug-likeness (QED) is 0.385. The van der Waals surface area contributed by atoms with Crippen LogP contribution in [0.25, 0.3) is 11.0 Å². The molecule has 0 bridgehead atoms. The highest BCUT2D eigenvalue weighted by atomic mass is 32.2. The third kappa shape index (κ3) is 4.36. The summed E-state index contributed by atoms with van der Waals surface area (Å²) in [5, 5.41) is 0.792. The zero-order valence-electron chi connectivity index (χ0n) is 17.0. The van der Waals surface area contributed by atoms with Crippen molar-refractivity contribution < 1.29 is 17.6 Å². The molecule has 31 heavy (non-hydrogen) atoms. The zero-order valence-corrected chi connectivity index (χ0v) is 17.9. The molecular weight excluding hydrogens is 412 g/mol. The van der Waals surface area contributed by atoms with Gasteiger partial charge in [0.05, 0.1) is 5.56 Å². The van der Waals surface area contributed by atoms with Crippen LogP contribution >= 0.6 is 0 Å². The second-order valence-electron chi connectivity index (χ2n) is 7.20. The van der Waals surface area contributed by atoms with Crippen molar-refractivity contribution in [3.05, 3.63) is 89.9 Å². The van der Waals surface area contributed by atoms with Crippen molar-refractivity contribution in [3.63, 3.8) is 0 Å². The number of unbranched alkanes of at least 4 members (excludes halogenated alkanes) is 1. The first-order chi connectivity index (χ1) is 15.0. The van der Waals surface area contributed by atoms with E-state index < -0.39 is 10.0 Å². The van der Waals surface area contributed by atoms with Crippen molar-refractivity contribution in [2.24, 2.45) is 0 Å². The van der Waals surface area contributed by atoms with E-state index in [0.717, 1.165) is 18.2 Å². The molecule has 4 rings (SSSR count). The average Bonchev–Trinajstić information content (AvgIpc) is 3.16. The number of hydrogen-bond acceptors (Lipinski definition) is 5. The minimum atomic E-state index is -3.75. The number of furan rings is 1. The number of nitrogens with zero attached hydrogens (tertiary/aromatic N) is 1. The van der Waals surface area contributed by atoms with E-state index in [-0.39, 0.29) is 10.7 Å². The maximum Gasteiger partial charge on any atom is 0.263 e. The van der Waals surface area contributed by atoms with Gasteiger partial charge in [0.1, 0.15) is 16.2 Å². The highest BCUT2D eigenvalue weighted by Crippen LogP contribution is 2.29. The predicted molar refractivity (Wildman–Crippen MR) is 120 cm³/mol. The molecule has 4 aromatic rings. The van der Waals surface area contributed by atoms with Crippen LogP contribution in [0, 0.1) is 0 Å². The number of benzene rings is 2. The van der Waals surface area contributed by atoms with Gasteiger partial charge >= 0.3 is 0 Å². The second-order valence-corrected chi connectivity index (χ2v) is 8.88. The summed E-state index contributed by atoms with van der Waals surface area (Å²) in [7, 11) is -3.75. The molecule has 0 unspecified atom stereocenters. The fourth-order valence-corrected chi connectivity index (χ4v) is 4.43. The molecule has 0 fully saturated rings. The lowest BCUT2D eigenvalue weighted by atomic mass is 9.98. The molecule has 6 nitrogen and oxygen atoms in total. The van der Waals surface area contributed by atoms with Crippen molar-refractivity contribution in [2.75, 3.05) is 4.72 Å². The molecule has 2 aromatic carbocycles. The van der Waals surface area contributed by atoms with Crippen LogP contribution in [0.2, 0.25) is 0 Å². The number of sulfonamides is 1. The third-order valence-corrected chi connectivity index (χ3v) is 6.36. The Kier molecular flexibility index (Phi) is 5.86. The van der Waals surface area contributed by atoms with E-state index in [1.807, 2.05) is 24.3 Å². The highest BCUT2D eigenvalue weighted by Gasteiger charge is 2.22. The summed E-state index contributed by atoms with van der Waals surface area (Å²) in [6.07, 6.45) is 5.40. The SMILES string of the molecule is CCCCc1oc2ccccc2c1C(=O)c1ccc(NS(=O)(=O)c2cccnc2)cc1. The molecule has 0 atom stereocenters. The summed E-state index contributed by atoms with van der Waals surface area (Å²) in [4.78, 5) is 17.2. The van der Waals surface area contributed by atoms with Gasteiger partial charge < -0.3 is 4.42 Å². The van der Waals surface area contributed by atoms with Crippen LogP contribution in [0.5, 0.6) is 0 Å². The van der Waals surface area contributed by atoms with E-state index in [0.29, 0.717) is 34.6 Å². The van der Waals surface area contributed by atoms with Crippen LogP contribution in [-0.4, -0.2) is 19.2 Å². The van der Waals surface area contributed by atoms with Gasteiger partial charge in [-0.2, -0.15) is 0 Å². The normalized spacial score (nSPS) is 11.5. The Balaban J connectivity index is 1.62. The van der Waals surface area contributed by atoms with Crippen molar-refractivity contribution in [1.82, 2.24) is 4.98 Å². The summed E-state index contributed by atoms with van der Waals surface area (Å²) >= 11 is 0. The number of nitrogens with one attached hydrogen (secondary N) is 1. The van der Waals surface area contributed by atoms with E-state index in [4.69, 9.17) is 4.42 Å². The molecule has 2 aromatic heterocycles. The molecule has 0 amide bonds. The Morgan fingerprint density at radius 1 is 1.03 bits per heavy atom. The Morgan fingerprint density at radius 3 is 2.52 bits per heavy atom. The van der Waals surface area contributed by atoms with E-state index in [1.165, 1.54) is 18.5 Å². The van der Waals surface area contributed by atoms with E-state index in [1.54, 1.807) is 30.3 Å². The number of aryl methyl sites for hydroxylation is 1. The van der Waals surface area contributed by atoms with Crippen LogP contribution < -0.4 is 4.72 Å². The number of hydrogen-bond donors (Lipinski definition) is 1. The first-order valence-electron chi connectivity index (χ1n) is 10.1. The molecular formula is C24H22N2O4S. The highest BCUT2D eigenvalue weighted by molar-refractivity contribution is 7.92. The van der Waals surface area contributed by atoms with Crippen molar-refractivity contribution >= 4 is 32.5 Å².